The quantitative estimate of drug-likeness (QED) is 0.632. The SMILES string of the molecule is CN(C)CC1CCC(=O)N1c1cc(F)ccc1CNC(=O)c1nc2n(c(=O)c1O)CCOC2(C)C. The Kier molecular flexibility index (Phi) is 6.65. The first-order chi connectivity index (χ1) is 16.5. The highest BCUT2D eigenvalue weighted by molar-refractivity contribution is 5.97. The summed E-state index contributed by atoms with van der Waals surface area (Å²) in [4.78, 5) is 46.1. The lowest BCUT2D eigenvalue weighted by molar-refractivity contribution is -0.117. The summed E-state index contributed by atoms with van der Waals surface area (Å²) >= 11 is 0. The van der Waals surface area contributed by atoms with Gasteiger partial charge < -0.3 is 25.0 Å². The monoisotopic (exact) mass is 487 g/mol. The van der Waals surface area contributed by atoms with Crippen LogP contribution >= 0.6 is 0 Å². The Hall–Kier alpha value is -3.31. The van der Waals surface area contributed by atoms with Gasteiger partial charge in [0.05, 0.1) is 24.9 Å². The fourth-order valence-corrected chi connectivity index (χ4v) is 4.67. The molecular weight excluding hydrogens is 457 g/mol. The van der Waals surface area contributed by atoms with Gasteiger partial charge >= 0.3 is 0 Å². The Labute approximate surface area is 202 Å². The molecule has 11 heteroatoms. The number of rotatable bonds is 6. The molecule has 1 unspecified atom stereocenters. The fraction of sp³-hybridized carbons (Fsp3) is 0.500. The van der Waals surface area contributed by atoms with Gasteiger partial charge in [-0.05, 0) is 52.1 Å². The van der Waals surface area contributed by atoms with Gasteiger partial charge in [0.1, 0.15) is 17.2 Å². The Morgan fingerprint density at radius 1 is 1.34 bits per heavy atom. The summed E-state index contributed by atoms with van der Waals surface area (Å²) in [5, 5.41) is 13.1. The number of amides is 2. The number of hydrogen-bond donors (Lipinski definition) is 2. The maximum Gasteiger partial charge on any atom is 0.296 e. The molecule has 10 nitrogen and oxygen atoms in total. The van der Waals surface area contributed by atoms with Crippen molar-refractivity contribution in [1.29, 1.82) is 0 Å². The number of nitrogens with one attached hydrogen (secondary N) is 1. The van der Waals surface area contributed by atoms with Crippen LogP contribution in [0.2, 0.25) is 0 Å². The van der Waals surface area contributed by atoms with Crippen molar-refractivity contribution in [2.75, 3.05) is 32.1 Å². The van der Waals surface area contributed by atoms with Gasteiger partial charge in [0, 0.05) is 19.5 Å². The van der Waals surface area contributed by atoms with E-state index in [1.165, 1.54) is 22.8 Å². The fourth-order valence-electron chi connectivity index (χ4n) is 4.67. The molecule has 0 bridgehead atoms. The minimum atomic E-state index is -0.915. The van der Waals surface area contributed by atoms with Gasteiger partial charge in [-0.2, -0.15) is 0 Å². The third-order valence-corrected chi connectivity index (χ3v) is 6.32. The maximum absolute atomic E-state index is 14.2. The van der Waals surface area contributed by atoms with Crippen molar-refractivity contribution in [3.63, 3.8) is 0 Å². The van der Waals surface area contributed by atoms with E-state index >= 15 is 0 Å². The Bertz CT molecular complexity index is 1230. The topological polar surface area (TPSA) is 117 Å². The van der Waals surface area contributed by atoms with E-state index < -0.39 is 34.3 Å². The van der Waals surface area contributed by atoms with Gasteiger partial charge in [-0.15, -0.1) is 0 Å². The van der Waals surface area contributed by atoms with E-state index in [9.17, 15) is 23.9 Å². The molecule has 1 aromatic carbocycles. The van der Waals surface area contributed by atoms with Crippen LogP contribution in [0, 0.1) is 5.82 Å². The van der Waals surface area contributed by atoms with Crippen molar-refractivity contribution in [3.05, 3.63) is 51.5 Å². The van der Waals surface area contributed by atoms with E-state index in [-0.39, 0.29) is 37.5 Å². The predicted octanol–water partition coefficient (Wildman–Crippen LogP) is 1.34. The first kappa shape index (κ1) is 24.8. The number of benzene rings is 1. The molecule has 35 heavy (non-hydrogen) atoms. The van der Waals surface area contributed by atoms with E-state index in [4.69, 9.17) is 4.74 Å². The van der Waals surface area contributed by atoms with E-state index in [1.54, 1.807) is 18.7 Å². The zero-order chi connectivity index (χ0) is 25.5. The maximum atomic E-state index is 14.2. The van der Waals surface area contributed by atoms with Crippen LogP contribution in [0.15, 0.2) is 23.0 Å². The molecule has 188 valence electrons. The number of ether oxygens (including phenoxy) is 1. The zero-order valence-corrected chi connectivity index (χ0v) is 20.3. The van der Waals surface area contributed by atoms with Gasteiger partial charge in [0.2, 0.25) is 11.7 Å². The number of fused-ring (bicyclic) bond motifs is 1. The standard InChI is InChI=1S/C24H30FN5O5/c1-24(2)23-27-19(20(32)22(34)29(23)9-10-35-24)21(33)26-12-14-5-6-15(25)11-17(14)30-16(13-28(3)4)7-8-18(30)31/h5-6,11,16,32H,7-10,12-13H2,1-4H3,(H,26,33). The van der Waals surface area contributed by atoms with Gasteiger partial charge in [-0.1, -0.05) is 6.07 Å². The zero-order valence-electron chi connectivity index (χ0n) is 20.3. The van der Waals surface area contributed by atoms with Crippen LogP contribution in [0.25, 0.3) is 0 Å². The van der Waals surface area contributed by atoms with Crippen molar-refractivity contribution in [3.8, 4) is 5.75 Å². The number of aromatic hydroxyl groups is 1. The molecule has 0 radical (unpaired) electrons. The highest BCUT2D eigenvalue weighted by Gasteiger charge is 2.35. The van der Waals surface area contributed by atoms with Crippen molar-refractivity contribution in [2.45, 2.75) is 51.4 Å². The molecule has 2 aromatic rings. The van der Waals surface area contributed by atoms with Gasteiger partial charge in [-0.3, -0.25) is 19.0 Å². The Morgan fingerprint density at radius 2 is 2.09 bits per heavy atom. The second kappa shape index (κ2) is 9.38. The molecule has 1 atom stereocenters. The lowest BCUT2D eigenvalue weighted by atomic mass is 10.1. The van der Waals surface area contributed by atoms with Crippen LogP contribution in [-0.2, 0) is 28.2 Å². The number of nitrogens with zero attached hydrogens (tertiary/aromatic N) is 4. The first-order valence-corrected chi connectivity index (χ1v) is 11.5. The molecular formula is C24H30FN5O5. The highest BCUT2D eigenvalue weighted by atomic mass is 19.1. The van der Waals surface area contributed by atoms with Crippen molar-refractivity contribution >= 4 is 17.5 Å². The molecule has 0 aliphatic carbocycles. The van der Waals surface area contributed by atoms with E-state index in [0.717, 1.165) is 0 Å². The lowest BCUT2D eigenvalue weighted by Crippen LogP contribution is -2.42. The number of hydrogen-bond acceptors (Lipinski definition) is 7. The van der Waals surface area contributed by atoms with Crippen LogP contribution in [0.3, 0.4) is 0 Å². The molecule has 0 spiro atoms. The minimum absolute atomic E-state index is 0.0632. The molecule has 1 fully saturated rings. The first-order valence-electron chi connectivity index (χ1n) is 11.5. The molecule has 2 aliphatic heterocycles. The summed E-state index contributed by atoms with van der Waals surface area (Å²) in [6, 6.07) is 3.93. The molecule has 4 rings (SSSR count). The number of likely N-dealkylation sites (N-methyl/N-ethyl adjacent to an activating group) is 1. The second-order valence-corrected chi connectivity index (χ2v) is 9.62. The van der Waals surface area contributed by atoms with Crippen LogP contribution in [0.4, 0.5) is 10.1 Å². The Morgan fingerprint density at radius 3 is 2.80 bits per heavy atom. The third-order valence-electron chi connectivity index (χ3n) is 6.32. The Balaban J connectivity index is 1.62. The van der Waals surface area contributed by atoms with Crippen LogP contribution in [0.1, 0.15) is 48.6 Å². The molecule has 2 amide bonds. The molecule has 0 saturated carbocycles. The molecule has 1 saturated heterocycles. The smallest absolute Gasteiger partial charge is 0.296 e. The van der Waals surface area contributed by atoms with E-state index in [2.05, 4.69) is 10.3 Å². The summed E-state index contributed by atoms with van der Waals surface area (Å²) < 4.78 is 21.2. The summed E-state index contributed by atoms with van der Waals surface area (Å²) in [6.07, 6.45) is 1.00. The number of carbonyl (C=O) groups is 2. The normalized spacial score (nSPS) is 19.2. The van der Waals surface area contributed by atoms with Crippen molar-refractivity contribution in [1.82, 2.24) is 19.8 Å². The van der Waals surface area contributed by atoms with Crippen LogP contribution in [-0.4, -0.2) is 64.7 Å². The molecule has 2 N–H and O–H groups in total. The summed E-state index contributed by atoms with van der Waals surface area (Å²) in [6.45, 7) is 4.51. The molecule has 3 heterocycles. The number of aromatic nitrogens is 2. The highest BCUT2D eigenvalue weighted by Crippen LogP contribution is 2.31. The largest absolute Gasteiger partial charge is 0.501 e. The van der Waals surface area contributed by atoms with Gasteiger partial charge in [0.15, 0.2) is 5.69 Å². The van der Waals surface area contributed by atoms with E-state index in [0.29, 0.717) is 30.6 Å². The predicted molar refractivity (Wildman–Crippen MR) is 126 cm³/mol. The summed E-state index contributed by atoms with van der Waals surface area (Å²) in [5.41, 5.74) is -1.13. The summed E-state index contributed by atoms with van der Waals surface area (Å²) in [5.74, 6) is -1.88. The minimum Gasteiger partial charge on any atom is -0.501 e. The number of halogens is 1. The number of anilines is 1. The van der Waals surface area contributed by atoms with Crippen LogP contribution < -0.4 is 15.8 Å². The second-order valence-electron chi connectivity index (χ2n) is 9.62. The molecule has 2 aliphatic rings. The average molecular weight is 488 g/mol. The summed E-state index contributed by atoms with van der Waals surface area (Å²) in [7, 11) is 3.81. The molecule has 1 aromatic heterocycles. The van der Waals surface area contributed by atoms with E-state index in [1.807, 2.05) is 19.0 Å². The van der Waals surface area contributed by atoms with Crippen LogP contribution in [0.5, 0.6) is 5.75 Å². The van der Waals surface area contributed by atoms with Gasteiger partial charge in [-0.25, -0.2) is 9.37 Å². The average Bonchev–Trinajstić information content (AvgIpc) is 3.14. The lowest BCUT2D eigenvalue weighted by Gasteiger charge is -2.32. The third kappa shape index (κ3) is 4.78. The van der Waals surface area contributed by atoms with Crippen molar-refractivity contribution in [2.24, 2.45) is 0 Å². The van der Waals surface area contributed by atoms with Gasteiger partial charge in [0.25, 0.3) is 11.5 Å². The number of carbonyl (C=O) groups excluding carboxylic acids is 2. The van der Waals surface area contributed by atoms with Crippen molar-refractivity contribution < 1.29 is 23.8 Å².